The Morgan fingerprint density at radius 3 is 2.45 bits per heavy atom. The smallest absolute Gasteiger partial charge is 0.131 e. The molecule has 0 aromatic heterocycles. The molecular formula is C16H17F2NO. The lowest BCUT2D eigenvalue weighted by Gasteiger charge is -2.10. The van der Waals surface area contributed by atoms with Crippen molar-refractivity contribution in [3.05, 3.63) is 59.7 Å². The van der Waals surface area contributed by atoms with Gasteiger partial charge in [0, 0.05) is 23.9 Å². The van der Waals surface area contributed by atoms with Crippen molar-refractivity contribution < 1.29 is 13.5 Å². The summed E-state index contributed by atoms with van der Waals surface area (Å²) in [6, 6.07) is 11.2. The van der Waals surface area contributed by atoms with Crippen LogP contribution in [0.15, 0.2) is 42.5 Å². The van der Waals surface area contributed by atoms with E-state index in [1.165, 1.54) is 18.2 Å². The third kappa shape index (κ3) is 3.70. The molecule has 0 atom stereocenters. The molecule has 0 fully saturated rings. The van der Waals surface area contributed by atoms with Crippen molar-refractivity contribution in [1.29, 1.82) is 0 Å². The van der Waals surface area contributed by atoms with Gasteiger partial charge in [0.05, 0.1) is 6.61 Å². The Bertz CT molecular complexity index is 552. The number of halogens is 2. The van der Waals surface area contributed by atoms with E-state index >= 15 is 0 Å². The molecule has 4 heteroatoms. The Balaban J connectivity index is 2.03. The van der Waals surface area contributed by atoms with Gasteiger partial charge in [-0.3, -0.25) is 0 Å². The molecule has 0 heterocycles. The fourth-order valence-electron chi connectivity index (χ4n) is 1.81. The first-order chi connectivity index (χ1) is 9.70. The standard InChI is InChI=1S/C16H17F2NO/c1-2-9-20-13-6-3-5-12(10-13)19-11-14-15(17)7-4-8-16(14)18/h3-8,10,19H,2,9,11H2,1H3. The van der Waals surface area contributed by atoms with Crippen LogP contribution in [0.2, 0.25) is 0 Å². The molecule has 2 aromatic rings. The van der Waals surface area contributed by atoms with Gasteiger partial charge in [-0.15, -0.1) is 0 Å². The van der Waals surface area contributed by atoms with Crippen molar-refractivity contribution in [2.45, 2.75) is 19.9 Å². The van der Waals surface area contributed by atoms with E-state index < -0.39 is 11.6 Å². The third-order valence-electron chi connectivity index (χ3n) is 2.84. The second kappa shape index (κ2) is 6.89. The highest BCUT2D eigenvalue weighted by atomic mass is 19.1. The summed E-state index contributed by atoms with van der Waals surface area (Å²) < 4.78 is 32.5. The third-order valence-corrected chi connectivity index (χ3v) is 2.84. The lowest BCUT2D eigenvalue weighted by atomic mass is 10.2. The molecule has 20 heavy (non-hydrogen) atoms. The van der Waals surface area contributed by atoms with Crippen LogP contribution in [0.1, 0.15) is 18.9 Å². The predicted octanol–water partition coefficient (Wildman–Crippen LogP) is 4.37. The van der Waals surface area contributed by atoms with E-state index in [0.717, 1.165) is 17.9 Å². The number of ether oxygens (including phenoxy) is 1. The molecule has 0 saturated carbocycles. The Labute approximate surface area is 117 Å². The van der Waals surface area contributed by atoms with Crippen LogP contribution in [0.4, 0.5) is 14.5 Å². The van der Waals surface area contributed by atoms with Crippen LogP contribution < -0.4 is 10.1 Å². The van der Waals surface area contributed by atoms with Gasteiger partial charge in [-0.05, 0) is 30.7 Å². The molecular weight excluding hydrogens is 260 g/mol. The molecule has 0 radical (unpaired) electrons. The van der Waals surface area contributed by atoms with Gasteiger partial charge in [-0.25, -0.2) is 8.78 Å². The van der Waals surface area contributed by atoms with Crippen molar-refractivity contribution in [3.63, 3.8) is 0 Å². The average molecular weight is 277 g/mol. The molecule has 0 saturated heterocycles. The van der Waals surface area contributed by atoms with Crippen molar-refractivity contribution in [1.82, 2.24) is 0 Å². The van der Waals surface area contributed by atoms with E-state index in [2.05, 4.69) is 5.32 Å². The molecule has 0 aliphatic rings. The molecule has 2 rings (SSSR count). The van der Waals surface area contributed by atoms with E-state index in [-0.39, 0.29) is 12.1 Å². The van der Waals surface area contributed by atoms with Gasteiger partial charge in [0.2, 0.25) is 0 Å². The van der Waals surface area contributed by atoms with Gasteiger partial charge < -0.3 is 10.1 Å². The van der Waals surface area contributed by atoms with E-state index in [1.807, 2.05) is 31.2 Å². The van der Waals surface area contributed by atoms with Gasteiger partial charge in [-0.1, -0.05) is 19.1 Å². The zero-order valence-electron chi connectivity index (χ0n) is 11.3. The van der Waals surface area contributed by atoms with Crippen LogP contribution in [-0.2, 0) is 6.54 Å². The number of hydrogen-bond acceptors (Lipinski definition) is 2. The summed E-state index contributed by atoms with van der Waals surface area (Å²) in [5.74, 6) is -0.349. The molecule has 106 valence electrons. The Kier molecular flexibility index (Phi) is 4.93. The van der Waals surface area contributed by atoms with E-state index in [9.17, 15) is 8.78 Å². The lowest BCUT2D eigenvalue weighted by molar-refractivity contribution is 0.317. The lowest BCUT2D eigenvalue weighted by Crippen LogP contribution is -2.04. The van der Waals surface area contributed by atoms with Gasteiger partial charge >= 0.3 is 0 Å². The number of hydrogen-bond donors (Lipinski definition) is 1. The summed E-state index contributed by atoms with van der Waals surface area (Å²) in [6.45, 7) is 2.77. The predicted molar refractivity (Wildman–Crippen MR) is 75.9 cm³/mol. The van der Waals surface area contributed by atoms with E-state index in [1.54, 1.807) is 0 Å². The topological polar surface area (TPSA) is 21.3 Å². The second-order valence-electron chi connectivity index (χ2n) is 4.43. The first kappa shape index (κ1) is 14.3. The van der Waals surface area contributed by atoms with Crippen LogP contribution in [0.3, 0.4) is 0 Å². The van der Waals surface area contributed by atoms with Crippen molar-refractivity contribution in [3.8, 4) is 5.75 Å². The highest BCUT2D eigenvalue weighted by Crippen LogP contribution is 2.19. The maximum absolute atomic E-state index is 13.5. The molecule has 0 aliphatic heterocycles. The minimum atomic E-state index is -0.545. The Morgan fingerprint density at radius 1 is 1.05 bits per heavy atom. The van der Waals surface area contributed by atoms with Crippen LogP contribution in [0, 0.1) is 11.6 Å². The summed E-state index contributed by atoms with van der Waals surface area (Å²) in [5, 5.41) is 3.00. The average Bonchev–Trinajstić information content (AvgIpc) is 2.45. The SMILES string of the molecule is CCCOc1cccc(NCc2c(F)cccc2F)c1. The van der Waals surface area contributed by atoms with Crippen molar-refractivity contribution >= 4 is 5.69 Å². The second-order valence-corrected chi connectivity index (χ2v) is 4.43. The largest absolute Gasteiger partial charge is 0.494 e. The van der Waals surface area contributed by atoms with Gasteiger partial charge in [0.25, 0.3) is 0 Å². The fourth-order valence-corrected chi connectivity index (χ4v) is 1.81. The molecule has 2 aromatic carbocycles. The van der Waals surface area contributed by atoms with Crippen molar-refractivity contribution in [2.24, 2.45) is 0 Å². The number of rotatable bonds is 6. The summed E-state index contributed by atoms with van der Waals surface area (Å²) >= 11 is 0. The monoisotopic (exact) mass is 277 g/mol. The van der Waals surface area contributed by atoms with Gasteiger partial charge in [-0.2, -0.15) is 0 Å². The summed E-state index contributed by atoms with van der Waals surface area (Å²) in [5.41, 5.74) is 0.800. The molecule has 0 unspecified atom stereocenters. The zero-order valence-corrected chi connectivity index (χ0v) is 11.3. The molecule has 2 nitrogen and oxygen atoms in total. The Hall–Kier alpha value is -2.10. The van der Waals surface area contributed by atoms with E-state index in [4.69, 9.17) is 4.74 Å². The quantitative estimate of drug-likeness (QED) is 0.846. The summed E-state index contributed by atoms with van der Waals surface area (Å²) in [6.07, 6.45) is 0.929. The highest BCUT2D eigenvalue weighted by Gasteiger charge is 2.07. The molecule has 0 spiro atoms. The van der Waals surface area contributed by atoms with Crippen molar-refractivity contribution in [2.75, 3.05) is 11.9 Å². The zero-order chi connectivity index (χ0) is 14.4. The minimum absolute atomic E-state index is 0.0346. The fraction of sp³-hybridized carbons (Fsp3) is 0.250. The van der Waals surface area contributed by atoms with E-state index in [0.29, 0.717) is 6.61 Å². The van der Waals surface area contributed by atoms with Gasteiger partial charge in [0.15, 0.2) is 0 Å². The van der Waals surface area contributed by atoms with Crippen LogP contribution in [0.25, 0.3) is 0 Å². The summed E-state index contributed by atoms with van der Waals surface area (Å²) in [4.78, 5) is 0. The van der Waals surface area contributed by atoms with Crippen LogP contribution in [-0.4, -0.2) is 6.61 Å². The molecule has 0 bridgehead atoms. The number of anilines is 1. The maximum Gasteiger partial charge on any atom is 0.131 e. The molecule has 0 aliphatic carbocycles. The molecule has 0 amide bonds. The van der Waals surface area contributed by atoms with Crippen LogP contribution in [0.5, 0.6) is 5.75 Å². The van der Waals surface area contributed by atoms with Crippen LogP contribution >= 0.6 is 0 Å². The summed E-state index contributed by atoms with van der Waals surface area (Å²) in [7, 11) is 0. The Morgan fingerprint density at radius 2 is 1.75 bits per heavy atom. The number of benzene rings is 2. The molecule has 1 N–H and O–H groups in total. The maximum atomic E-state index is 13.5. The highest BCUT2D eigenvalue weighted by molar-refractivity contribution is 5.48. The first-order valence-corrected chi connectivity index (χ1v) is 6.60. The first-order valence-electron chi connectivity index (χ1n) is 6.60. The van der Waals surface area contributed by atoms with Gasteiger partial charge in [0.1, 0.15) is 17.4 Å². The normalized spacial score (nSPS) is 10.3. The number of nitrogens with one attached hydrogen (secondary N) is 1. The minimum Gasteiger partial charge on any atom is -0.494 e.